The number of carbonyl (C=O) groups is 5. The molecule has 0 spiro atoms. The molecule has 4 rings (SSSR count). The summed E-state index contributed by atoms with van der Waals surface area (Å²) in [4.78, 5) is 62.5. The summed E-state index contributed by atoms with van der Waals surface area (Å²) >= 11 is 0. The largest absolute Gasteiger partial charge is 0.451 e. The van der Waals surface area contributed by atoms with Crippen molar-refractivity contribution in [1.29, 1.82) is 0 Å². The summed E-state index contributed by atoms with van der Waals surface area (Å²) in [5.74, 6) is -3.70. The third kappa shape index (κ3) is 6.15. The lowest BCUT2D eigenvalue weighted by Crippen LogP contribution is -2.50. The highest BCUT2D eigenvalue weighted by Gasteiger charge is 2.34. The van der Waals surface area contributed by atoms with E-state index in [0.29, 0.717) is 18.5 Å². The standard InChI is InChI=1S/C26H26N4O6/c31-22(15-29-25(34)21-13-17-8-4-5-9-20(17)36-21)30-19(12-18-10-11-27-24(18)33)23(32)26(35)28-14-16-6-2-1-3-7-16/h1-9,13,18-19H,10-12,14-15H2,(H,27,33)(H,28,35)(H,29,34)(H,30,31)/t18-,19?/m0/s1. The Hall–Kier alpha value is -4.47. The van der Waals surface area contributed by atoms with Crippen molar-refractivity contribution in [3.8, 4) is 0 Å². The Kier molecular flexibility index (Phi) is 7.74. The van der Waals surface area contributed by atoms with Gasteiger partial charge < -0.3 is 25.7 Å². The average molecular weight is 491 g/mol. The fraction of sp³-hybridized carbons (Fsp3) is 0.269. The van der Waals surface area contributed by atoms with Crippen LogP contribution in [0, 0.1) is 5.92 Å². The van der Waals surface area contributed by atoms with Gasteiger partial charge in [0.05, 0.1) is 12.6 Å². The zero-order chi connectivity index (χ0) is 25.5. The van der Waals surface area contributed by atoms with Gasteiger partial charge in [0.15, 0.2) is 5.76 Å². The van der Waals surface area contributed by atoms with Crippen LogP contribution in [0.25, 0.3) is 11.0 Å². The van der Waals surface area contributed by atoms with Crippen molar-refractivity contribution in [1.82, 2.24) is 21.3 Å². The van der Waals surface area contributed by atoms with Gasteiger partial charge in [-0.1, -0.05) is 48.5 Å². The van der Waals surface area contributed by atoms with E-state index in [0.717, 1.165) is 10.9 Å². The number of nitrogens with one attached hydrogen (secondary N) is 4. The van der Waals surface area contributed by atoms with Crippen LogP contribution in [0.15, 0.2) is 65.1 Å². The second-order valence-corrected chi connectivity index (χ2v) is 8.50. The van der Waals surface area contributed by atoms with Gasteiger partial charge in [-0.2, -0.15) is 0 Å². The Morgan fingerprint density at radius 3 is 2.47 bits per heavy atom. The Labute approximate surface area is 206 Å². The molecule has 1 aliphatic heterocycles. The summed E-state index contributed by atoms with van der Waals surface area (Å²) in [6.07, 6.45) is 0.472. The summed E-state index contributed by atoms with van der Waals surface area (Å²) in [5.41, 5.74) is 1.34. The number of hydrogen-bond donors (Lipinski definition) is 4. The van der Waals surface area contributed by atoms with Crippen LogP contribution in [-0.2, 0) is 25.7 Å². The molecular formula is C26H26N4O6. The summed E-state index contributed by atoms with van der Waals surface area (Å²) in [7, 11) is 0. The highest BCUT2D eigenvalue weighted by atomic mass is 16.3. The van der Waals surface area contributed by atoms with Crippen LogP contribution in [0.3, 0.4) is 0 Å². The van der Waals surface area contributed by atoms with E-state index in [4.69, 9.17) is 4.42 Å². The van der Waals surface area contributed by atoms with Crippen molar-refractivity contribution in [2.75, 3.05) is 13.1 Å². The van der Waals surface area contributed by atoms with Gasteiger partial charge in [0, 0.05) is 24.4 Å². The predicted molar refractivity (Wildman–Crippen MR) is 130 cm³/mol. The Morgan fingerprint density at radius 2 is 1.75 bits per heavy atom. The molecule has 36 heavy (non-hydrogen) atoms. The lowest BCUT2D eigenvalue weighted by atomic mass is 9.95. The monoisotopic (exact) mass is 490 g/mol. The van der Waals surface area contributed by atoms with E-state index in [1.54, 1.807) is 36.4 Å². The van der Waals surface area contributed by atoms with Gasteiger partial charge in [-0.15, -0.1) is 0 Å². The predicted octanol–water partition coefficient (Wildman–Crippen LogP) is 1.06. The Bertz CT molecular complexity index is 1250. The fourth-order valence-corrected chi connectivity index (χ4v) is 4.00. The molecule has 1 fully saturated rings. The van der Waals surface area contributed by atoms with Crippen LogP contribution in [0.2, 0.25) is 0 Å². The molecule has 1 unspecified atom stereocenters. The van der Waals surface area contributed by atoms with Crippen LogP contribution < -0.4 is 21.3 Å². The van der Waals surface area contributed by atoms with Gasteiger partial charge in [0.25, 0.3) is 11.8 Å². The van der Waals surface area contributed by atoms with Crippen LogP contribution in [0.4, 0.5) is 0 Å². The second kappa shape index (κ2) is 11.3. The normalized spacial score (nSPS) is 15.7. The maximum atomic E-state index is 12.9. The van der Waals surface area contributed by atoms with Crippen LogP contribution >= 0.6 is 0 Å². The van der Waals surface area contributed by atoms with E-state index >= 15 is 0 Å². The molecule has 0 bridgehead atoms. The third-order valence-corrected chi connectivity index (χ3v) is 5.91. The molecule has 186 valence electrons. The lowest BCUT2D eigenvalue weighted by Gasteiger charge is -2.20. The molecule has 4 amide bonds. The summed E-state index contributed by atoms with van der Waals surface area (Å²) < 4.78 is 5.48. The number of amides is 4. The van der Waals surface area contributed by atoms with Gasteiger partial charge in [-0.3, -0.25) is 24.0 Å². The molecule has 2 atom stereocenters. The van der Waals surface area contributed by atoms with E-state index in [9.17, 15) is 24.0 Å². The zero-order valence-electron chi connectivity index (χ0n) is 19.4. The van der Waals surface area contributed by atoms with Gasteiger partial charge in [0.1, 0.15) is 5.58 Å². The van der Waals surface area contributed by atoms with E-state index in [1.165, 1.54) is 0 Å². The van der Waals surface area contributed by atoms with Crippen molar-refractivity contribution >= 4 is 40.4 Å². The molecule has 1 aromatic heterocycles. The fourth-order valence-electron chi connectivity index (χ4n) is 4.00. The number of furan rings is 1. The minimum absolute atomic E-state index is 0.0211. The smallest absolute Gasteiger partial charge is 0.289 e. The maximum absolute atomic E-state index is 12.9. The van der Waals surface area contributed by atoms with E-state index < -0.39 is 42.0 Å². The number of hydrogen-bond acceptors (Lipinski definition) is 6. The first-order valence-corrected chi connectivity index (χ1v) is 11.6. The number of Topliss-reactive ketones (excluding diaryl/α,β-unsaturated/α-hetero) is 1. The number of para-hydroxylation sites is 1. The molecule has 10 heteroatoms. The van der Waals surface area contributed by atoms with Gasteiger partial charge in [-0.25, -0.2) is 0 Å². The summed E-state index contributed by atoms with van der Waals surface area (Å²) in [6.45, 7) is 0.165. The molecule has 2 heterocycles. The van der Waals surface area contributed by atoms with Crippen molar-refractivity contribution in [3.63, 3.8) is 0 Å². The third-order valence-electron chi connectivity index (χ3n) is 5.91. The van der Waals surface area contributed by atoms with Crippen molar-refractivity contribution < 1.29 is 28.4 Å². The first kappa shape index (κ1) is 24.6. The van der Waals surface area contributed by atoms with Gasteiger partial charge in [0.2, 0.25) is 17.6 Å². The van der Waals surface area contributed by atoms with Gasteiger partial charge in [-0.05, 0) is 30.5 Å². The Morgan fingerprint density at radius 1 is 1.00 bits per heavy atom. The molecule has 0 aliphatic carbocycles. The van der Waals surface area contributed by atoms with E-state index in [2.05, 4.69) is 21.3 Å². The number of carbonyl (C=O) groups excluding carboxylic acids is 5. The first-order valence-electron chi connectivity index (χ1n) is 11.6. The quantitative estimate of drug-likeness (QED) is 0.313. The first-order chi connectivity index (χ1) is 17.4. The minimum atomic E-state index is -1.22. The number of ketones is 1. The number of benzene rings is 2. The van der Waals surface area contributed by atoms with Crippen molar-refractivity contribution in [2.24, 2.45) is 5.92 Å². The molecule has 1 saturated heterocycles. The highest BCUT2D eigenvalue weighted by molar-refractivity contribution is 6.38. The lowest BCUT2D eigenvalue weighted by molar-refractivity contribution is -0.140. The summed E-state index contributed by atoms with van der Waals surface area (Å²) in [5, 5.41) is 10.9. The number of fused-ring (bicyclic) bond motifs is 1. The van der Waals surface area contributed by atoms with Crippen LogP contribution in [-0.4, -0.2) is 48.5 Å². The molecule has 3 aromatic rings. The van der Waals surface area contributed by atoms with Crippen molar-refractivity contribution in [3.05, 3.63) is 72.0 Å². The zero-order valence-corrected chi connectivity index (χ0v) is 19.4. The highest BCUT2D eigenvalue weighted by Crippen LogP contribution is 2.19. The molecule has 0 radical (unpaired) electrons. The molecule has 1 aliphatic rings. The minimum Gasteiger partial charge on any atom is -0.451 e. The molecule has 4 N–H and O–H groups in total. The van der Waals surface area contributed by atoms with Crippen LogP contribution in [0.5, 0.6) is 0 Å². The number of rotatable bonds is 10. The van der Waals surface area contributed by atoms with Crippen molar-refractivity contribution in [2.45, 2.75) is 25.4 Å². The van der Waals surface area contributed by atoms with Gasteiger partial charge >= 0.3 is 0 Å². The Balaban J connectivity index is 1.36. The van der Waals surface area contributed by atoms with E-state index in [-0.39, 0.29) is 24.6 Å². The average Bonchev–Trinajstić information content (AvgIpc) is 3.51. The molecule has 2 aromatic carbocycles. The molecular weight excluding hydrogens is 464 g/mol. The summed E-state index contributed by atoms with van der Waals surface area (Å²) in [6, 6.07) is 16.5. The molecule has 0 saturated carbocycles. The SMILES string of the molecule is O=C(CNC(=O)c1cc2ccccc2o1)NC(C[C@@H]1CCNC1=O)C(=O)C(=O)NCc1ccccc1. The molecule has 10 nitrogen and oxygen atoms in total. The van der Waals surface area contributed by atoms with Crippen LogP contribution in [0.1, 0.15) is 29.0 Å². The topological polar surface area (TPSA) is 147 Å². The maximum Gasteiger partial charge on any atom is 0.289 e. The second-order valence-electron chi connectivity index (χ2n) is 8.50. The van der Waals surface area contributed by atoms with E-state index in [1.807, 2.05) is 24.3 Å².